The third kappa shape index (κ3) is 2.97. The number of hydrogen-bond donors (Lipinski definition) is 2. The first kappa shape index (κ1) is 13.6. The molecular weight excluding hydrogens is 246 g/mol. The van der Waals surface area contributed by atoms with E-state index in [4.69, 9.17) is 9.52 Å². The summed E-state index contributed by atoms with van der Waals surface area (Å²) in [6.45, 7) is 6.71. The summed E-state index contributed by atoms with van der Waals surface area (Å²) in [4.78, 5) is 22.8. The number of hydrogen-bond acceptors (Lipinski definition) is 3. The monoisotopic (exact) mass is 265 g/mol. The number of nitrogens with one attached hydrogen (secondary N) is 1. The van der Waals surface area contributed by atoms with Gasteiger partial charge < -0.3 is 14.8 Å². The van der Waals surface area contributed by atoms with Gasteiger partial charge in [-0.1, -0.05) is 13.8 Å². The zero-order chi connectivity index (χ0) is 14.2. The molecule has 1 aromatic rings. The van der Waals surface area contributed by atoms with Gasteiger partial charge in [-0.3, -0.25) is 9.59 Å². The number of carboxylic acid groups (broad SMARTS) is 1. The Hall–Kier alpha value is -1.78. The van der Waals surface area contributed by atoms with Crippen LogP contribution in [-0.4, -0.2) is 23.5 Å². The number of aliphatic carboxylic acids is 1. The molecule has 0 aromatic carbocycles. The first-order valence-electron chi connectivity index (χ1n) is 6.38. The van der Waals surface area contributed by atoms with E-state index in [1.807, 2.05) is 0 Å². The smallest absolute Gasteiger partial charge is 0.311 e. The summed E-state index contributed by atoms with van der Waals surface area (Å²) in [5, 5.41) is 11.7. The fourth-order valence-electron chi connectivity index (χ4n) is 2.30. The predicted molar refractivity (Wildman–Crippen MR) is 69.0 cm³/mol. The zero-order valence-electron chi connectivity index (χ0n) is 11.4. The van der Waals surface area contributed by atoms with Crippen molar-refractivity contribution < 1.29 is 19.1 Å². The molecule has 2 N–H and O–H groups in total. The van der Waals surface area contributed by atoms with Crippen LogP contribution in [0.2, 0.25) is 0 Å². The molecule has 0 spiro atoms. The summed E-state index contributed by atoms with van der Waals surface area (Å²) in [5.74, 6) is -0.527. The van der Waals surface area contributed by atoms with Crippen molar-refractivity contribution in [1.82, 2.24) is 5.32 Å². The average Bonchev–Trinajstić information content (AvgIpc) is 2.74. The van der Waals surface area contributed by atoms with E-state index < -0.39 is 5.97 Å². The maximum absolute atomic E-state index is 12.1. The topological polar surface area (TPSA) is 79.5 Å². The first-order valence-corrected chi connectivity index (χ1v) is 6.38. The second-order valence-corrected chi connectivity index (χ2v) is 5.89. The van der Waals surface area contributed by atoms with E-state index in [0.29, 0.717) is 29.0 Å². The van der Waals surface area contributed by atoms with E-state index in [1.54, 1.807) is 6.92 Å². The van der Waals surface area contributed by atoms with Crippen LogP contribution in [0.5, 0.6) is 0 Å². The highest BCUT2D eigenvalue weighted by Gasteiger charge is 2.45. The lowest BCUT2D eigenvalue weighted by atomic mass is 10.1. The summed E-state index contributed by atoms with van der Waals surface area (Å²) in [6.07, 6.45) is 2.26. The summed E-state index contributed by atoms with van der Waals surface area (Å²) >= 11 is 0. The van der Waals surface area contributed by atoms with Crippen LogP contribution < -0.4 is 5.32 Å². The molecule has 1 heterocycles. The van der Waals surface area contributed by atoms with Crippen LogP contribution in [0.25, 0.3) is 0 Å². The van der Waals surface area contributed by atoms with Crippen molar-refractivity contribution >= 4 is 11.9 Å². The van der Waals surface area contributed by atoms with Gasteiger partial charge in [-0.05, 0) is 24.7 Å². The molecule has 5 nitrogen and oxygen atoms in total. The van der Waals surface area contributed by atoms with E-state index >= 15 is 0 Å². The van der Waals surface area contributed by atoms with Crippen molar-refractivity contribution in [3.8, 4) is 0 Å². The molecule has 0 bridgehead atoms. The summed E-state index contributed by atoms with van der Waals surface area (Å²) in [5.41, 5.74) is 1.34. The molecule has 1 aliphatic rings. The normalized spacial score (nSPS) is 20.1. The van der Waals surface area contributed by atoms with Gasteiger partial charge in [0, 0.05) is 12.1 Å². The van der Waals surface area contributed by atoms with Gasteiger partial charge in [-0.2, -0.15) is 0 Å². The van der Waals surface area contributed by atoms with E-state index in [-0.39, 0.29) is 18.1 Å². The van der Waals surface area contributed by atoms with Crippen molar-refractivity contribution in [3.05, 3.63) is 23.2 Å². The average molecular weight is 265 g/mol. The lowest BCUT2D eigenvalue weighted by molar-refractivity contribution is -0.136. The molecule has 104 valence electrons. The highest BCUT2D eigenvalue weighted by atomic mass is 16.4. The number of rotatable bonds is 5. The van der Waals surface area contributed by atoms with Crippen molar-refractivity contribution in [2.75, 3.05) is 6.54 Å². The quantitative estimate of drug-likeness (QED) is 0.853. The molecule has 1 fully saturated rings. The van der Waals surface area contributed by atoms with Gasteiger partial charge in [0.1, 0.15) is 12.2 Å². The van der Waals surface area contributed by atoms with Crippen molar-refractivity contribution in [1.29, 1.82) is 0 Å². The number of carbonyl (C=O) groups excluding carboxylic acids is 1. The van der Waals surface area contributed by atoms with E-state index in [1.165, 1.54) is 6.26 Å². The molecular formula is C14H19NO4. The second kappa shape index (κ2) is 4.72. The van der Waals surface area contributed by atoms with E-state index in [0.717, 1.165) is 6.42 Å². The standard InChI is InChI=1S/C14H19NO4/c1-8-7-19-10(4-11(16)17)12(8)13(18)15-6-9-5-14(9,2)3/h7,9H,4-6H2,1-3H3,(H,15,18)(H,16,17). The Kier molecular flexibility index (Phi) is 3.39. The van der Waals surface area contributed by atoms with Gasteiger partial charge in [-0.25, -0.2) is 0 Å². The molecule has 1 amide bonds. The third-order valence-corrected chi connectivity index (χ3v) is 3.82. The van der Waals surface area contributed by atoms with Gasteiger partial charge in [0.2, 0.25) is 0 Å². The molecule has 1 aromatic heterocycles. The number of carbonyl (C=O) groups is 2. The van der Waals surface area contributed by atoms with E-state index in [9.17, 15) is 9.59 Å². The SMILES string of the molecule is Cc1coc(CC(=O)O)c1C(=O)NCC1CC1(C)C. The highest BCUT2D eigenvalue weighted by Crippen LogP contribution is 2.51. The van der Waals surface area contributed by atoms with Gasteiger partial charge in [0.05, 0.1) is 11.8 Å². The Morgan fingerprint density at radius 2 is 2.16 bits per heavy atom. The van der Waals surface area contributed by atoms with Gasteiger partial charge in [0.15, 0.2) is 0 Å². The van der Waals surface area contributed by atoms with Gasteiger partial charge in [0.25, 0.3) is 5.91 Å². The number of aryl methyl sites for hydroxylation is 1. The van der Waals surface area contributed by atoms with Crippen LogP contribution in [-0.2, 0) is 11.2 Å². The Bertz CT molecular complexity index is 516. The number of amides is 1. The first-order chi connectivity index (χ1) is 8.81. The fourth-order valence-corrected chi connectivity index (χ4v) is 2.30. The number of carboxylic acids is 1. The van der Waals surface area contributed by atoms with Crippen molar-refractivity contribution in [2.45, 2.75) is 33.6 Å². The highest BCUT2D eigenvalue weighted by molar-refractivity contribution is 5.97. The third-order valence-electron chi connectivity index (χ3n) is 3.82. The van der Waals surface area contributed by atoms with Crippen molar-refractivity contribution in [3.63, 3.8) is 0 Å². The molecule has 2 rings (SSSR count). The lowest BCUT2D eigenvalue weighted by Gasteiger charge is -2.07. The molecule has 19 heavy (non-hydrogen) atoms. The minimum Gasteiger partial charge on any atom is -0.481 e. The Balaban J connectivity index is 2.02. The van der Waals surface area contributed by atoms with Crippen LogP contribution in [0.1, 0.15) is 41.9 Å². The molecule has 1 unspecified atom stereocenters. The van der Waals surface area contributed by atoms with Crippen LogP contribution in [0.15, 0.2) is 10.7 Å². The van der Waals surface area contributed by atoms with Crippen LogP contribution >= 0.6 is 0 Å². The number of furan rings is 1. The predicted octanol–water partition coefficient (Wildman–Crippen LogP) is 1.99. The van der Waals surface area contributed by atoms with Crippen molar-refractivity contribution in [2.24, 2.45) is 11.3 Å². The van der Waals surface area contributed by atoms with Crippen LogP contribution in [0.4, 0.5) is 0 Å². The molecule has 1 atom stereocenters. The fraction of sp³-hybridized carbons (Fsp3) is 0.571. The Labute approximate surface area is 112 Å². The Morgan fingerprint density at radius 1 is 1.53 bits per heavy atom. The minimum atomic E-state index is -1.01. The summed E-state index contributed by atoms with van der Waals surface area (Å²) in [7, 11) is 0. The Morgan fingerprint density at radius 3 is 2.68 bits per heavy atom. The van der Waals surface area contributed by atoms with Crippen LogP contribution in [0, 0.1) is 18.3 Å². The molecule has 1 aliphatic carbocycles. The minimum absolute atomic E-state index is 0.220. The zero-order valence-corrected chi connectivity index (χ0v) is 11.4. The molecule has 1 saturated carbocycles. The molecule has 5 heteroatoms. The second-order valence-electron chi connectivity index (χ2n) is 5.89. The maximum Gasteiger partial charge on any atom is 0.311 e. The molecule has 0 aliphatic heterocycles. The summed E-state index contributed by atoms with van der Waals surface area (Å²) in [6, 6.07) is 0. The summed E-state index contributed by atoms with van der Waals surface area (Å²) < 4.78 is 5.15. The van der Waals surface area contributed by atoms with Crippen LogP contribution in [0.3, 0.4) is 0 Å². The lowest BCUT2D eigenvalue weighted by Crippen LogP contribution is -2.27. The maximum atomic E-state index is 12.1. The largest absolute Gasteiger partial charge is 0.481 e. The molecule has 0 saturated heterocycles. The van der Waals surface area contributed by atoms with E-state index in [2.05, 4.69) is 19.2 Å². The van der Waals surface area contributed by atoms with Gasteiger partial charge >= 0.3 is 5.97 Å². The molecule has 0 radical (unpaired) electrons. The van der Waals surface area contributed by atoms with Gasteiger partial charge in [-0.15, -0.1) is 0 Å².